The van der Waals surface area contributed by atoms with E-state index in [2.05, 4.69) is 25.1 Å². The van der Waals surface area contributed by atoms with Gasteiger partial charge in [-0.25, -0.2) is 0 Å². The second kappa shape index (κ2) is 13.1. The van der Waals surface area contributed by atoms with Crippen LogP contribution in [0.5, 0.6) is 5.75 Å². The van der Waals surface area contributed by atoms with Gasteiger partial charge in [-0.2, -0.15) is 0 Å². The van der Waals surface area contributed by atoms with Crippen LogP contribution in [-0.4, -0.2) is 43.1 Å². The number of aliphatic carboxylic acids is 1. The highest BCUT2D eigenvalue weighted by Crippen LogP contribution is 2.45. The number of fused-ring (bicyclic) bond motifs is 2. The lowest BCUT2D eigenvalue weighted by Crippen LogP contribution is -2.31. The molecule has 2 aliphatic rings. The van der Waals surface area contributed by atoms with Gasteiger partial charge in [-0.15, -0.1) is 0 Å². The van der Waals surface area contributed by atoms with E-state index < -0.39 is 5.97 Å². The molecule has 5 nitrogen and oxygen atoms in total. The lowest BCUT2D eigenvalue weighted by atomic mass is 9.77. The van der Waals surface area contributed by atoms with Crippen molar-refractivity contribution in [2.75, 3.05) is 19.8 Å². The minimum Gasteiger partial charge on any atom is -0.494 e. The van der Waals surface area contributed by atoms with Gasteiger partial charge < -0.3 is 19.3 Å². The molecule has 2 heterocycles. The molecule has 1 aromatic rings. The van der Waals surface area contributed by atoms with Crippen LogP contribution < -0.4 is 4.74 Å². The van der Waals surface area contributed by atoms with Gasteiger partial charge in [0.05, 0.1) is 25.4 Å². The molecule has 2 bridgehead atoms. The van der Waals surface area contributed by atoms with Crippen molar-refractivity contribution in [1.82, 2.24) is 0 Å². The molecule has 31 heavy (non-hydrogen) atoms. The van der Waals surface area contributed by atoms with E-state index in [9.17, 15) is 4.79 Å². The van der Waals surface area contributed by atoms with Crippen LogP contribution in [0.4, 0.5) is 0 Å². The van der Waals surface area contributed by atoms with Crippen LogP contribution in [0, 0.1) is 11.8 Å². The number of carboxylic acid groups (broad SMARTS) is 1. The molecule has 1 N–H and O–H groups in total. The van der Waals surface area contributed by atoms with Gasteiger partial charge >= 0.3 is 5.97 Å². The Hall–Kier alpha value is -1.59. The molecule has 0 amide bonds. The van der Waals surface area contributed by atoms with Gasteiger partial charge in [0.2, 0.25) is 0 Å². The molecule has 5 heteroatoms. The van der Waals surface area contributed by atoms with Crippen molar-refractivity contribution in [2.45, 2.75) is 89.8 Å². The predicted octanol–water partition coefficient (Wildman–Crippen LogP) is 5.64. The number of carbonyl (C=O) groups is 1. The summed E-state index contributed by atoms with van der Waals surface area (Å²) < 4.78 is 18.1. The van der Waals surface area contributed by atoms with Gasteiger partial charge in [-0.05, 0) is 68.6 Å². The summed E-state index contributed by atoms with van der Waals surface area (Å²) in [7, 11) is 0. The Morgan fingerprint density at radius 3 is 2.68 bits per heavy atom. The minimum atomic E-state index is -0.744. The van der Waals surface area contributed by atoms with E-state index in [0.717, 1.165) is 38.2 Å². The summed E-state index contributed by atoms with van der Waals surface area (Å²) in [6, 6.07) is 8.34. The van der Waals surface area contributed by atoms with Gasteiger partial charge in [-0.3, -0.25) is 4.79 Å². The van der Waals surface area contributed by atoms with Gasteiger partial charge in [-0.1, -0.05) is 38.3 Å². The van der Waals surface area contributed by atoms with E-state index in [-0.39, 0.29) is 6.42 Å². The zero-order chi connectivity index (χ0) is 21.9. The summed E-state index contributed by atoms with van der Waals surface area (Å²) in [4.78, 5) is 10.6. The topological polar surface area (TPSA) is 65.0 Å². The second-order valence-corrected chi connectivity index (χ2v) is 9.14. The van der Waals surface area contributed by atoms with Gasteiger partial charge in [0.25, 0.3) is 0 Å². The monoisotopic (exact) mass is 432 g/mol. The summed E-state index contributed by atoms with van der Waals surface area (Å²) in [5, 5.41) is 8.71. The fourth-order valence-corrected chi connectivity index (χ4v) is 5.04. The highest BCUT2D eigenvalue weighted by atomic mass is 16.5. The molecule has 0 saturated carbocycles. The van der Waals surface area contributed by atoms with E-state index in [1.807, 2.05) is 6.07 Å². The molecule has 1 aromatic carbocycles. The summed E-state index contributed by atoms with van der Waals surface area (Å²) in [6.07, 6.45) is 12.0. The third-order valence-corrected chi connectivity index (χ3v) is 6.76. The molecule has 0 aromatic heterocycles. The Balaban J connectivity index is 1.41. The highest BCUT2D eigenvalue weighted by molar-refractivity contribution is 5.66. The number of hydrogen-bond acceptors (Lipinski definition) is 4. The molecular formula is C26H40O5. The van der Waals surface area contributed by atoms with Crippen LogP contribution in [0.1, 0.15) is 76.7 Å². The van der Waals surface area contributed by atoms with Gasteiger partial charge in [0, 0.05) is 18.9 Å². The molecule has 2 fully saturated rings. The number of unbranched alkanes of at least 4 members (excludes halogenated alkanes) is 4. The average Bonchev–Trinajstić information content (AvgIpc) is 3.36. The van der Waals surface area contributed by atoms with Crippen LogP contribution in [0.3, 0.4) is 0 Å². The first-order chi connectivity index (χ1) is 15.2. The van der Waals surface area contributed by atoms with E-state index in [0.29, 0.717) is 37.1 Å². The molecule has 0 radical (unpaired) electrons. The Morgan fingerprint density at radius 2 is 1.87 bits per heavy atom. The first-order valence-electron chi connectivity index (χ1n) is 12.3. The number of hydrogen-bond donors (Lipinski definition) is 1. The highest BCUT2D eigenvalue weighted by Gasteiger charge is 2.48. The molecular weight excluding hydrogens is 392 g/mol. The lowest BCUT2D eigenvalue weighted by Gasteiger charge is -2.28. The third-order valence-electron chi connectivity index (χ3n) is 6.76. The molecule has 174 valence electrons. The van der Waals surface area contributed by atoms with Crippen LogP contribution in [0.15, 0.2) is 24.3 Å². The maximum Gasteiger partial charge on any atom is 0.303 e. The maximum absolute atomic E-state index is 10.6. The van der Waals surface area contributed by atoms with Crippen molar-refractivity contribution >= 4 is 5.97 Å². The Bertz CT molecular complexity index is 661. The number of ether oxygens (including phenoxy) is 3. The standard InChI is InChI=1S/C26H40O5/c1-2-3-4-6-16-29-19-23-22(24-14-15-25(23)31-24)13-12-20-9-8-10-21(18-20)30-17-7-5-11-26(27)28/h8-10,18,22-25H,2-7,11-17,19H2,1H3,(H,27,28)/t22-,23+,24-,25+/m0/s1. The maximum atomic E-state index is 10.6. The molecule has 0 unspecified atom stereocenters. The molecule has 0 aliphatic carbocycles. The van der Waals surface area contributed by atoms with E-state index >= 15 is 0 Å². The quantitative estimate of drug-likeness (QED) is 0.342. The van der Waals surface area contributed by atoms with E-state index in [1.54, 1.807) is 0 Å². The van der Waals surface area contributed by atoms with Crippen molar-refractivity contribution in [3.05, 3.63) is 29.8 Å². The summed E-state index contributed by atoms with van der Waals surface area (Å²) >= 11 is 0. The molecule has 0 spiro atoms. The summed E-state index contributed by atoms with van der Waals surface area (Å²) in [5.41, 5.74) is 1.30. The molecule has 2 saturated heterocycles. The SMILES string of the molecule is CCCCCCOC[C@@H]1[C@H](CCc2cccc(OCCCCC(=O)O)c2)[C@@H]2CC[C@H]1O2. The number of aryl methyl sites for hydroxylation is 1. The minimum absolute atomic E-state index is 0.207. The Labute approximate surface area is 187 Å². The first-order valence-corrected chi connectivity index (χ1v) is 12.3. The van der Waals surface area contributed by atoms with Crippen molar-refractivity contribution < 1.29 is 24.1 Å². The molecule has 2 aliphatic heterocycles. The molecule has 3 rings (SSSR count). The van der Waals surface area contributed by atoms with Crippen molar-refractivity contribution in [3.8, 4) is 5.75 Å². The van der Waals surface area contributed by atoms with Crippen molar-refractivity contribution in [3.63, 3.8) is 0 Å². The largest absolute Gasteiger partial charge is 0.494 e. The van der Waals surface area contributed by atoms with Crippen LogP contribution in [0.2, 0.25) is 0 Å². The van der Waals surface area contributed by atoms with E-state index in [4.69, 9.17) is 19.3 Å². The fraction of sp³-hybridized carbons (Fsp3) is 0.731. The van der Waals surface area contributed by atoms with Gasteiger partial charge in [0.1, 0.15) is 5.75 Å². The smallest absolute Gasteiger partial charge is 0.303 e. The summed E-state index contributed by atoms with van der Waals surface area (Å²) in [6.45, 7) is 4.53. The molecule has 4 atom stereocenters. The van der Waals surface area contributed by atoms with Crippen LogP contribution >= 0.6 is 0 Å². The Kier molecular flexibility index (Phi) is 10.1. The van der Waals surface area contributed by atoms with E-state index in [1.165, 1.54) is 44.1 Å². The normalized spacial score (nSPS) is 24.5. The summed E-state index contributed by atoms with van der Waals surface area (Å²) in [5.74, 6) is 1.27. The van der Waals surface area contributed by atoms with Crippen LogP contribution in [0.25, 0.3) is 0 Å². The number of rotatable bonds is 16. The van der Waals surface area contributed by atoms with Crippen molar-refractivity contribution in [2.24, 2.45) is 11.8 Å². The second-order valence-electron chi connectivity index (χ2n) is 9.14. The fourth-order valence-electron chi connectivity index (χ4n) is 5.04. The average molecular weight is 433 g/mol. The first kappa shape index (κ1) is 24.1. The zero-order valence-electron chi connectivity index (χ0n) is 19.1. The van der Waals surface area contributed by atoms with Crippen molar-refractivity contribution in [1.29, 1.82) is 0 Å². The predicted molar refractivity (Wildman–Crippen MR) is 122 cm³/mol. The van der Waals surface area contributed by atoms with Crippen LogP contribution in [-0.2, 0) is 20.7 Å². The zero-order valence-corrected chi connectivity index (χ0v) is 19.1. The van der Waals surface area contributed by atoms with Gasteiger partial charge in [0.15, 0.2) is 0 Å². The number of benzene rings is 1. The Morgan fingerprint density at radius 1 is 1.06 bits per heavy atom. The lowest BCUT2D eigenvalue weighted by molar-refractivity contribution is -0.137. The third kappa shape index (κ3) is 7.80. The number of carboxylic acids is 1.